The predicted molar refractivity (Wildman–Crippen MR) is 129 cm³/mol. The van der Waals surface area contributed by atoms with Crippen molar-refractivity contribution in [1.82, 2.24) is 0 Å². The summed E-state index contributed by atoms with van der Waals surface area (Å²) in [6, 6.07) is 18.9. The van der Waals surface area contributed by atoms with Gasteiger partial charge in [-0.05, 0) is 47.9 Å². The highest BCUT2D eigenvalue weighted by atomic mass is 19.2. The number of halogens is 4. The maximum atomic E-state index is 14.7. The first kappa shape index (κ1) is 24.1. The number of rotatable bonds is 8. The fourth-order valence-corrected chi connectivity index (χ4v) is 3.64. The molecule has 0 atom stereocenters. The van der Waals surface area contributed by atoms with E-state index in [4.69, 9.17) is 9.47 Å². The largest absolute Gasteiger partial charge is 0.491 e. The molecule has 35 heavy (non-hydrogen) atoms. The van der Waals surface area contributed by atoms with Crippen LogP contribution in [0.1, 0.15) is 18.1 Å². The van der Waals surface area contributed by atoms with Crippen LogP contribution in [0.2, 0.25) is 0 Å². The van der Waals surface area contributed by atoms with E-state index in [1.807, 2.05) is 0 Å². The molecule has 0 N–H and O–H groups in total. The maximum Gasteiger partial charge on any atom is 0.201 e. The summed E-state index contributed by atoms with van der Waals surface area (Å²) in [5.74, 6) is -3.80. The van der Waals surface area contributed by atoms with Gasteiger partial charge < -0.3 is 9.47 Å². The second-order valence-electron chi connectivity index (χ2n) is 7.71. The van der Waals surface area contributed by atoms with Gasteiger partial charge in [0.1, 0.15) is 12.4 Å². The zero-order valence-corrected chi connectivity index (χ0v) is 19.0. The highest BCUT2D eigenvalue weighted by Gasteiger charge is 2.17. The lowest BCUT2D eigenvalue weighted by atomic mass is 10.0. The van der Waals surface area contributed by atoms with E-state index < -0.39 is 23.3 Å². The van der Waals surface area contributed by atoms with Gasteiger partial charge in [0.25, 0.3) is 0 Å². The van der Waals surface area contributed by atoms with Crippen LogP contribution in [0.3, 0.4) is 0 Å². The van der Waals surface area contributed by atoms with Crippen LogP contribution in [0, 0.1) is 23.3 Å². The summed E-state index contributed by atoms with van der Waals surface area (Å²) in [7, 11) is 0. The Morgan fingerprint density at radius 1 is 0.657 bits per heavy atom. The summed E-state index contributed by atoms with van der Waals surface area (Å²) >= 11 is 0. The quantitative estimate of drug-likeness (QED) is 0.238. The van der Waals surface area contributed by atoms with Gasteiger partial charge in [0.05, 0.1) is 6.61 Å². The number of ether oxygens (including phenoxy) is 2. The van der Waals surface area contributed by atoms with Crippen LogP contribution in [-0.2, 0) is 6.61 Å². The molecule has 0 radical (unpaired) electrons. The molecule has 178 valence electrons. The van der Waals surface area contributed by atoms with Crippen LogP contribution in [0.5, 0.6) is 11.5 Å². The van der Waals surface area contributed by atoms with Crippen molar-refractivity contribution in [3.05, 3.63) is 114 Å². The van der Waals surface area contributed by atoms with Gasteiger partial charge in [-0.1, -0.05) is 61.2 Å². The SMILES string of the molecule is C=Cc1ccc(-c2ccc(COc3ccc(-c4ccc(OCC)c(F)c4F)cc3)c(F)c2F)cc1. The van der Waals surface area contributed by atoms with Gasteiger partial charge in [0.2, 0.25) is 5.82 Å². The Labute approximate surface area is 201 Å². The van der Waals surface area contributed by atoms with Gasteiger partial charge in [0.15, 0.2) is 23.2 Å². The summed E-state index contributed by atoms with van der Waals surface area (Å²) in [5.41, 5.74) is 2.13. The van der Waals surface area contributed by atoms with Crippen molar-refractivity contribution >= 4 is 6.08 Å². The zero-order chi connectivity index (χ0) is 24.9. The molecule has 0 aromatic heterocycles. The van der Waals surface area contributed by atoms with E-state index in [0.717, 1.165) is 5.56 Å². The van der Waals surface area contributed by atoms with Crippen molar-refractivity contribution in [1.29, 1.82) is 0 Å². The molecule has 0 saturated carbocycles. The number of hydrogen-bond donors (Lipinski definition) is 0. The van der Waals surface area contributed by atoms with E-state index in [0.29, 0.717) is 16.9 Å². The topological polar surface area (TPSA) is 18.5 Å². The summed E-state index contributed by atoms with van der Waals surface area (Å²) < 4.78 is 68.7. The molecule has 0 spiro atoms. The highest BCUT2D eigenvalue weighted by Crippen LogP contribution is 2.31. The Balaban J connectivity index is 1.48. The minimum Gasteiger partial charge on any atom is -0.491 e. The Kier molecular flexibility index (Phi) is 7.20. The molecule has 0 aliphatic heterocycles. The minimum atomic E-state index is -1.05. The fraction of sp³-hybridized carbons (Fsp3) is 0.103. The average Bonchev–Trinajstić information content (AvgIpc) is 2.88. The predicted octanol–water partition coefficient (Wildman–Crippen LogP) is 8.20. The Bertz CT molecular complexity index is 1350. The summed E-state index contributed by atoms with van der Waals surface area (Å²) in [6.07, 6.45) is 1.67. The van der Waals surface area contributed by atoms with Crippen molar-refractivity contribution in [3.8, 4) is 33.8 Å². The number of benzene rings is 4. The second-order valence-corrected chi connectivity index (χ2v) is 7.71. The minimum absolute atomic E-state index is 0.0534. The molecule has 2 nitrogen and oxygen atoms in total. The molecule has 0 amide bonds. The third-order valence-corrected chi connectivity index (χ3v) is 5.53. The van der Waals surface area contributed by atoms with Crippen LogP contribution in [0.25, 0.3) is 28.3 Å². The van der Waals surface area contributed by atoms with Crippen molar-refractivity contribution < 1.29 is 27.0 Å². The van der Waals surface area contributed by atoms with Crippen molar-refractivity contribution in [3.63, 3.8) is 0 Å². The molecule has 0 aliphatic rings. The van der Waals surface area contributed by atoms with E-state index in [2.05, 4.69) is 6.58 Å². The van der Waals surface area contributed by atoms with Gasteiger partial charge in [-0.15, -0.1) is 0 Å². The monoisotopic (exact) mass is 478 g/mol. The van der Waals surface area contributed by atoms with Crippen molar-refractivity contribution in [2.75, 3.05) is 6.61 Å². The third kappa shape index (κ3) is 5.06. The molecule has 4 aromatic carbocycles. The van der Waals surface area contributed by atoms with Crippen LogP contribution < -0.4 is 9.47 Å². The molecule has 6 heteroatoms. The molecule has 4 rings (SSSR count). The van der Waals surface area contributed by atoms with E-state index >= 15 is 0 Å². The molecule has 0 fully saturated rings. The molecule has 0 heterocycles. The smallest absolute Gasteiger partial charge is 0.201 e. The van der Waals surface area contributed by atoms with E-state index in [9.17, 15) is 17.6 Å². The van der Waals surface area contributed by atoms with E-state index in [1.165, 1.54) is 24.3 Å². The van der Waals surface area contributed by atoms with E-state index in [-0.39, 0.29) is 35.7 Å². The molecular weight excluding hydrogens is 456 g/mol. The van der Waals surface area contributed by atoms with Crippen LogP contribution in [0.4, 0.5) is 17.6 Å². The molecule has 0 saturated heterocycles. The lowest BCUT2D eigenvalue weighted by molar-refractivity contribution is 0.297. The summed E-state index contributed by atoms with van der Waals surface area (Å²) in [5, 5.41) is 0. The van der Waals surface area contributed by atoms with E-state index in [1.54, 1.807) is 61.5 Å². The third-order valence-electron chi connectivity index (χ3n) is 5.53. The normalized spacial score (nSPS) is 10.8. The highest BCUT2D eigenvalue weighted by molar-refractivity contribution is 5.67. The zero-order valence-electron chi connectivity index (χ0n) is 19.0. The molecule has 0 aliphatic carbocycles. The number of hydrogen-bond acceptors (Lipinski definition) is 2. The average molecular weight is 478 g/mol. The van der Waals surface area contributed by atoms with Crippen LogP contribution in [-0.4, -0.2) is 6.61 Å². The first-order chi connectivity index (χ1) is 16.9. The molecular formula is C29H22F4O2. The first-order valence-electron chi connectivity index (χ1n) is 11.0. The first-order valence-corrected chi connectivity index (χ1v) is 11.0. The van der Waals surface area contributed by atoms with Crippen molar-refractivity contribution in [2.24, 2.45) is 0 Å². The van der Waals surface area contributed by atoms with Gasteiger partial charge in [0, 0.05) is 16.7 Å². The lowest BCUT2D eigenvalue weighted by Gasteiger charge is -2.12. The van der Waals surface area contributed by atoms with Gasteiger partial charge in [-0.3, -0.25) is 0 Å². The Morgan fingerprint density at radius 2 is 1.23 bits per heavy atom. The van der Waals surface area contributed by atoms with Crippen molar-refractivity contribution in [2.45, 2.75) is 13.5 Å². The molecule has 0 bridgehead atoms. The Morgan fingerprint density at radius 3 is 1.83 bits per heavy atom. The summed E-state index contributed by atoms with van der Waals surface area (Å²) in [4.78, 5) is 0. The van der Waals surface area contributed by atoms with Crippen LogP contribution >= 0.6 is 0 Å². The molecule has 0 unspecified atom stereocenters. The second kappa shape index (κ2) is 10.5. The van der Waals surface area contributed by atoms with Crippen LogP contribution in [0.15, 0.2) is 79.4 Å². The maximum absolute atomic E-state index is 14.7. The van der Waals surface area contributed by atoms with Gasteiger partial charge in [-0.25, -0.2) is 13.2 Å². The summed E-state index contributed by atoms with van der Waals surface area (Å²) in [6.45, 7) is 5.37. The van der Waals surface area contributed by atoms with Gasteiger partial charge in [-0.2, -0.15) is 4.39 Å². The lowest BCUT2D eigenvalue weighted by Crippen LogP contribution is -2.02. The molecule has 4 aromatic rings. The Hall–Kier alpha value is -4.06. The van der Waals surface area contributed by atoms with Gasteiger partial charge >= 0.3 is 0 Å². The fourth-order valence-electron chi connectivity index (χ4n) is 3.64. The standard InChI is InChI=1S/C29H22F4O2/c1-3-18-5-7-19(8-6-18)23-14-11-21(26(30)27(23)31)17-35-22-12-9-20(10-13-22)24-15-16-25(34-4-2)29(33)28(24)32/h3,5-16H,1,4,17H2,2H3.